The number of nitrogens with two attached hydrogens (primary N) is 1. The molecule has 0 radical (unpaired) electrons. The van der Waals surface area contributed by atoms with Gasteiger partial charge in [-0.2, -0.15) is 5.10 Å². The van der Waals surface area contributed by atoms with Crippen molar-refractivity contribution in [2.75, 3.05) is 33.9 Å². The SMILES string of the molecule is CCOCC(NN)c1c(Br)cnn1CCN(C)C. The zero-order chi connectivity index (χ0) is 13.5. The standard InChI is InChI=1S/C11H22BrN5O/c1-4-18-8-10(15-13)11-9(12)7-14-17(11)6-5-16(2)3/h7,10,15H,4-6,8,13H2,1-3H3. The Labute approximate surface area is 117 Å². The van der Waals surface area contributed by atoms with Gasteiger partial charge in [0.1, 0.15) is 0 Å². The minimum Gasteiger partial charge on any atom is -0.380 e. The molecule has 0 aromatic carbocycles. The van der Waals surface area contributed by atoms with Crippen molar-refractivity contribution in [2.24, 2.45) is 5.84 Å². The molecule has 18 heavy (non-hydrogen) atoms. The number of hydrogen-bond donors (Lipinski definition) is 2. The predicted octanol–water partition coefficient (Wildman–Crippen LogP) is 0.748. The smallest absolute Gasteiger partial charge is 0.0873 e. The molecule has 0 spiro atoms. The van der Waals surface area contributed by atoms with Crippen LogP contribution in [0.5, 0.6) is 0 Å². The number of rotatable bonds is 8. The van der Waals surface area contributed by atoms with Crippen LogP contribution in [0.2, 0.25) is 0 Å². The van der Waals surface area contributed by atoms with Gasteiger partial charge in [0.25, 0.3) is 0 Å². The van der Waals surface area contributed by atoms with E-state index < -0.39 is 0 Å². The van der Waals surface area contributed by atoms with Crippen molar-refractivity contribution in [1.82, 2.24) is 20.1 Å². The highest BCUT2D eigenvalue weighted by Gasteiger charge is 2.19. The molecule has 6 nitrogen and oxygen atoms in total. The largest absolute Gasteiger partial charge is 0.380 e. The fourth-order valence-corrected chi connectivity index (χ4v) is 2.21. The number of halogens is 1. The molecule has 0 saturated carbocycles. The summed E-state index contributed by atoms with van der Waals surface area (Å²) in [5, 5.41) is 4.36. The topological polar surface area (TPSA) is 68.3 Å². The van der Waals surface area contributed by atoms with Crippen LogP contribution in [0.4, 0.5) is 0 Å². The normalized spacial score (nSPS) is 13.2. The van der Waals surface area contributed by atoms with Crippen LogP contribution in [0.25, 0.3) is 0 Å². The molecule has 104 valence electrons. The van der Waals surface area contributed by atoms with Gasteiger partial charge in [-0.15, -0.1) is 0 Å². The minimum absolute atomic E-state index is 0.0658. The van der Waals surface area contributed by atoms with Crippen LogP contribution in [0.3, 0.4) is 0 Å². The number of ether oxygens (including phenoxy) is 1. The summed E-state index contributed by atoms with van der Waals surface area (Å²) in [6.07, 6.45) is 1.79. The second kappa shape index (κ2) is 7.85. The van der Waals surface area contributed by atoms with Crippen molar-refractivity contribution >= 4 is 15.9 Å². The van der Waals surface area contributed by atoms with E-state index in [1.807, 2.05) is 25.7 Å². The molecule has 1 rings (SSSR count). The lowest BCUT2D eigenvalue weighted by atomic mass is 10.2. The molecule has 1 atom stereocenters. The quantitative estimate of drug-likeness (QED) is 0.546. The maximum Gasteiger partial charge on any atom is 0.0873 e. The van der Waals surface area contributed by atoms with Crippen molar-refractivity contribution in [1.29, 1.82) is 0 Å². The first-order valence-electron chi connectivity index (χ1n) is 6.00. The molecule has 3 N–H and O–H groups in total. The highest BCUT2D eigenvalue weighted by molar-refractivity contribution is 9.10. The highest BCUT2D eigenvalue weighted by Crippen LogP contribution is 2.23. The third kappa shape index (κ3) is 4.33. The fourth-order valence-electron chi connectivity index (χ4n) is 1.63. The minimum atomic E-state index is -0.0658. The molecule has 0 aliphatic carbocycles. The fraction of sp³-hybridized carbons (Fsp3) is 0.727. The van der Waals surface area contributed by atoms with Crippen molar-refractivity contribution in [3.8, 4) is 0 Å². The van der Waals surface area contributed by atoms with Gasteiger partial charge in [-0.05, 0) is 36.9 Å². The Balaban J connectivity index is 2.80. The van der Waals surface area contributed by atoms with Gasteiger partial charge >= 0.3 is 0 Å². The Morgan fingerprint density at radius 3 is 2.89 bits per heavy atom. The van der Waals surface area contributed by atoms with E-state index >= 15 is 0 Å². The van der Waals surface area contributed by atoms with Crippen LogP contribution in [0, 0.1) is 0 Å². The summed E-state index contributed by atoms with van der Waals surface area (Å²) in [4.78, 5) is 2.12. The molecule has 1 heterocycles. The molecule has 0 bridgehead atoms. The lowest BCUT2D eigenvalue weighted by Gasteiger charge is -2.19. The molecule has 1 aromatic rings. The molecule has 0 aliphatic rings. The maximum absolute atomic E-state index is 5.60. The predicted molar refractivity (Wildman–Crippen MR) is 75.0 cm³/mol. The van der Waals surface area contributed by atoms with E-state index in [4.69, 9.17) is 10.6 Å². The number of nitrogens with zero attached hydrogens (tertiary/aromatic N) is 3. The third-order valence-corrected chi connectivity index (χ3v) is 3.22. The molecule has 1 unspecified atom stereocenters. The van der Waals surface area contributed by atoms with E-state index in [9.17, 15) is 0 Å². The Kier molecular flexibility index (Phi) is 6.80. The number of aromatic nitrogens is 2. The summed E-state index contributed by atoms with van der Waals surface area (Å²) in [5.74, 6) is 5.60. The maximum atomic E-state index is 5.60. The molecular formula is C11H22BrN5O. The Morgan fingerprint density at radius 1 is 1.61 bits per heavy atom. The summed E-state index contributed by atoms with van der Waals surface area (Å²) in [6.45, 7) is 4.90. The Bertz CT molecular complexity index is 355. The van der Waals surface area contributed by atoms with Crippen LogP contribution in [0.1, 0.15) is 18.7 Å². The van der Waals surface area contributed by atoms with Crippen LogP contribution in [-0.2, 0) is 11.3 Å². The van der Waals surface area contributed by atoms with Gasteiger partial charge < -0.3 is 9.64 Å². The summed E-state index contributed by atoms with van der Waals surface area (Å²) < 4.78 is 8.33. The molecule has 0 saturated heterocycles. The van der Waals surface area contributed by atoms with E-state index in [-0.39, 0.29) is 6.04 Å². The van der Waals surface area contributed by atoms with Crippen molar-refractivity contribution in [3.05, 3.63) is 16.4 Å². The van der Waals surface area contributed by atoms with Gasteiger partial charge in [0.15, 0.2) is 0 Å². The second-order valence-corrected chi connectivity index (χ2v) is 5.14. The molecule has 7 heteroatoms. The summed E-state index contributed by atoms with van der Waals surface area (Å²) in [7, 11) is 4.08. The summed E-state index contributed by atoms with van der Waals surface area (Å²) in [6, 6.07) is -0.0658. The van der Waals surface area contributed by atoms with Gasteiger partial charge in [-0.1, -0.05) is 0 Å². The van der Waals surface area contributed by atoms with E-state index in [1.54, 1.807) is 6.20 Å². The molecule has 0 fully saturated rings. The zero-order valence-electron chi connectivity index (χ0n) is 11.2. The van der Waals surface area contributed by atoms with Crippen LogP contribution in [0.15, 0.2) is 10.7 Å². The van der Waals surface area contributed by atoms with Crippen LogP contribution < -0.4 is 11.3 Å². The van der Waals surface area contributed by atoms with E-state index in [1.165, 1.54) is 0 Å². The second-order valence-electron chi connectivity index (χ2n) is 4.28. The summed E-state index contributed by atoms with van der Waals surface area (Å²) >= 11 is 3.51. The molecule has 0 aliphatic heterocycles. The Morgan fingerprint density at radius 2 is 2.33 bits per heavy atom. The van der Waals surface area contributed by atoms with E-state index in [0.29, 0.717) is 13.2 Å². The highest BCUT2D eigenvalue weighted by atomic mass is 79.9. The Hall–Kier alpha value is -0.470. The third-order valence-electron chi connectivity index (χ3n) is 2.61. The summed E-state index contributed by atoms with van der Waals surface area (Å²) in [5.41, 5.74) is 3.80. The van der Waals surface area contributed by atoms with E-state index in [0.717, 1.165) is 23.3 Å². The first-order valence-corrected chi connectivity index (χ1v) is 6.79. The number of hydrazine groups is 1. The van der Waals surface area contributed by atoms with Crippen molar-refractivity contribution in [2.45, 2.75) is 19.5 Å². The van der Waals surface area contributed by atoms with Gasteiger partial charge in [-0.3, -0.25) is 10.5 Å². The van der Waals surface area contributed by atoms with Gasteiger partial charge in [0, 0.05) is 13.2 Å². The molecule has 0 amide bonds. The number of hydrogen-bond acceptors (Lipinski definition) is 5. The number of likely N-dealkylation sites (N-methyl/N-ethyl adjacent to an activating group) is 1. The first-order chi connectivity index (χ1) is 8.60. The van der Waals surface area contributed by atoms with Crippen LogP contribution in [-0.4, -0.2) is 48.5 Å². The van der Waals surface area contributed by atoms with Gasteiger partial charge in [-0.25, -0.2) is 5.43 Å². The van der Waals surface area contributed by atoms with Crippen molar-refractivity contribution in [3.63, 3.8) is 0 Å². The number of nitrogens with one attached hydrogen (secondary N) is 1. The zero-order valence-corrected chi connectivity index (χ0v) is 12.8. The van der Waals surface area contributed by atoms with Crippen molar-refractivity contribution < 1.29 is 4.74 Å². The van der Waals surface area contributed by atoms with Gasteiger partial charge in [0.2, 0.25) is 0 Å². The lowest BCUT2D eigenvalue weighted by Crippen LogP contribution is -2.34. The van der Waals surface area contributed by atoms with Gasteiger partial charge in [0.05, 0.1) is 35.6 Å². The average Bonchev–Trinajstić information content (AvgIpc) is 2.70. The monoisotopic (exact) mass is 319 g/mol. The molecule has 1 aromatic heterocycles. The lowest BCUT2D eigenvalue weighted by molar-refractivity contribution is 0.120. The first kappa shape index (κ1) is 15.6. The average molecular weight is 320 g/mol. The molecular weight excluding hydrogens is 298 g/mol. The van der Waals surface area contributed by atoms with E-state index in [2.05, 4.69) is 31.4 Å². The van der Waals surface area contributed by atoms with Crippen LogP contribution >= 0.6 is 15.9 Å².